The molecule has 0 unspecified atom stereocenters. The number of methoxy groups -OCH3 is 1. The van der Waals surface area contributed by atoms with Gasteiger partial charge < -0.3 is 15.0 Å². The minimum atomic E-state index is 0.237. The van der Waals surface area contributed by atoms with Crippen LogP contribution in [0, 0.1) is 0 Å². The molecule has 21 heavy (non-hydrogen) atoms. The second kappa shape index (κ2) is 7.19. The number of nitrogens with one attached hydrogen (secondary N) is 1. The standard InChI is InChI=1S/C15H23N5O/c1-19(2)11-15(12-5-7-14(21-4)8-6-12)16-9-13-10-17-18-20(13)3/h5-8,10,15-16H,9,11H2,1-4H3/t15-/m0/s1. The number of likely N-dealkylation sites (N-methyl/N-ethyl adjacent to an activating group) is 1. The minimum absolute atomic E-state index is 0.237. The first-order valence-electron chi connectivity index (χ1n) is 6.95. The lowest BCUT2D eigenvalue weighted by Crippen LogP contribution is -2.31. The summed E-state index contributed by atoms with van der Waals surface area (Å²) in [5.41, 5.74) is 2.30. The van der Waals surface area contributed by atoms with Crippen LogP contribution in [0.5, 0.6) is 5.75 Å². The van der Waals surface area contributed by atoms with Crippen molar-refractivity contribution in [2.45, 2.75) is 12.6 Å². The number of aromatic nitrogens is 3. The first-order valence-corrected chi connectivity index (χ1v) is 6.95. The summed E-state index contributed by atoms with van der Waals surface area (Å²) in [7, 11) is 7.73. The maximum absolute atomic E-state index is 5.21. The molecule has 6 heteroatoms. The molecule has 1 N–H and O–H groups in total. The fraction of sp³-hybridized carbons (Fsp3) is 0.467. The smallest absolute Gasteiger partial charge is 0.118 e. The summed E-state index contributed by atoms with van der Waals surface area (Å²) in [5, 5.41) is 11.4. The largest absolute Gasteiger partial charge is 0.497 e. The second-order valence-corrected chi connectivity index (χ2v) is 5.32. The maximum atomic E-state index is 5.21. The van der Waals surface area contributed by atoms with Gasteiger partial charge in [-0.1, -0.05) is 17.3 Å². The Morgan fingerprint density at radius 3 is 2.52 bits per heavy atom. The van der Waals surface area contributed by atoms with E-state index in [1.165, 1.54) is 5.56 Å². The Kier molecular flexibility index (Phi) is 5.30. The van der Waals surface area contributed by atoms with Gasteiger partial charge in [0.1, 0.15) is 5.75 Å². The summed E-state index contributed by atoms with van der Waals surface area (Å²) in [6.07, 6.45) is 1.79. The van der Waals surface area contributed by atoms with Crippen LogP contribution in [0.15, 0.2) is 30.5 Å². The molecule has 1 atom stereocenters. The van der Waals surface area contributed by atoms with Gasteiger partial charge in [0.2, 0.25) is 0 Å². The van der Waals surface area contributed by atoms with Gasteiger partial charge in [0.25, 0.3) is 0 Å². The molecular formula is C15H23N5O. The van der Waals surface area contributed by atoms with E-state index in [0.717, 1.165) is 24.5 Å². The lowest BCUT2D eigenvalue weighted by atomic mass is 10.1. The fourth-order valence-corrected chi connectivity index (χ4v) is 2.19. The molecule has 0 saturated carbocycles. The van der Waals surface area contributed by atoms with Crippen molar-refractivity contribution in [2.24, 2.45) is 7.05 Å². The lowest BCUT2D eigenvalue weighted by molar-refractivity contribution is 0.338. The summed E-state index contributed by atoms with van der Waals surface area (Å²) >= 11 is 0. The Labute approximate surface area is 125 Å². The van der Waals surface area contributed by atoms with Crippen LogP contribution >= 0.6 is 0 Å². The van der Waals surface area contributed by atoms with Crippen LogP contribution in [-0.4, -0.2) is 47.6 Å². The molecule has 0 amide bonds. The molecule has 1 aromatic carbocycles. The molecule has 0 aliphatic heterocycles. The van der Waals surface area contributed by atoms with Crippen molar-refractivity contribution in [1.29, 1.82) is 0 Å². The fourth-order valence-electron chi connectivity index (χ4n) is 2.19. The van der Waals surface area contributed by atoms with E-state index in [0.29, 0.717) is 0 Å². The van der Waals surface area contributed by atoms with Crippen molar-refractivity contribution in [2.75, 3.05) is 27.7 Å². The number of benzene rings is 1. The van der Waals surface area contributed by atoms with Gasteiger partial charge in [-0.25, -0.2) is 0 Å². The number of nitrogens with zero attached hydrogens (tertiary/aromatic N) is 4. The molecule has 0 bridgehead atoms. The third kappa shape index (κ3) is 4.27. The number of rotatable bonds is 7. The van der Waals surface area contributed by atoms with Crippen LogP contribution in [-0.2, 0) is 13.6 Å². The molecule has 1 aromatic heterocycles. The first-order chi connectivity index (χ1) is 10.1. The molecule has 0 fully saturated rings. The molecule has 0 aliphatic rings. The maximum Gasteiger partial charge on any atom is 0.118 e. The van der Waals surface area contributed by atoms with Gasteiger partial charge in [-0.3, -0.25) is 4.68 Å². The SMILES string of the molecule is COc1ccc([C@H](CN(C)C)NCc2cnnn2C)cc1. The highest BCUT2D eigenvalue weighted by atomic mass is 16.5. The molecule has 2 rings (SSSR count). The highest BCUT2D eigenvalue weighted by Gasteiger charge is 2.13. The molecule has 2 aromatic rings. The highest BCUT2D eigenvalue weighted by Crippen LogP contribution is 2.18. The van der Waals surface area contributed by atoms with Crippen LogP contribution in [0.3, 0.4) is 0 Å². The Morgan fingerprint density at radius 1 is 1.29 bits per heavy atom. The topological polar surface area (TPSA) is 55.2 Å². The van der Waals surface area contributed by atoms with Crippen molar-refractivity contribution in [1.82, 2.24) is 25.2 Å². The summed E-state index contributed by atoms with van der Waals surface area (Å²) in [6, 6.07) is 8.42. The number of aryl methyl sites for hydroxylation is 1. The summed E-state index contributed by atoms with van der Waals surface area (Å²) in [6.45, 7) is 1.64. The lowest BCUT2D eigenvalue weighted by Gasteiger charge is -2.23. The van der Waals surface area contributed by atoms with Gasteiger partial charge in [-0.15, -0.1) is 5.10 Å². The number of hydrogen-bond acceptors (Lipinski definition) is 5. The molecule has 114 valence electrons. The van der Waals surface area contributed by atoms with E-state index in [9.17, 15) is 0 Å². The van der Waals surface area contributed by atoms with Crippen molar-refractivity contribution in [3.8, 4) is 5.75 Å². The summed E-state index contributed by atoms with van der Waals surface area (Å²) < 4.78 is 7.00. The van der Waals surface area contributed by atoms with E-state index in [1.54, 1.807) is 18.0 Å². The molecule has 0 spiro atoms. The van der Waals surface area contributed by atoms with E-state index >= 15 is 0 Å². The zero-order chi connectivity index (χ0) is 15.2. The average molecular weight is 289 g/mol. The highest BCUT2D eigenvalue weighted by molar-refractivity contribution is 5.29. The van der Waals surface area contributed by atoms with E-state index in [1.807, 2.05) is 19.2 Å². The van der Waals surface area contributed by atoms with Crippen LogP contribution in [0.4, 0.5) is 0 Å². The molecule has 0 saturated heterocycles. The number of ether oxygens (including phenoxy) is 1. The van der Waals surface area contributed by atoms with Crippen molar-refractivity contribution >= 4 is 0 Å². The quantitative estimate of drug-likeness (QED) is 0.830. The van der Waals surface area contributed by atoms with Crippen LogP contribution < -0.4 is 10.1 Å². The molecule has 0 aliphatic carbocycles. The van der Waals surface area contributed by atoms with Gasteiger partial charge >= 0.3 is 0 Å². The van der Waals surface area contributed by atoms with E-state index in [2.05, 4.69) is 46.8 Å². The molecule has 1 heterocycles. The van der Waals surface area contributed by atoms with Gasteiger partial charge in [-0.2, -0.15) is 0 Å². The van der Waals surface area contributed by atoms with Gasteiger partial charge in [0, 0.05) is 26.2 Å². The molecular weight excluding hydrogens is 266 g/mol. The van der Waals surface area contributed by atoms with Crippen LogP contribution in [0.1, 0.15) is 17.3 Å². The monoisotopic (exact) mass is 289 g/mol. The predicted octanol–water partition coefficient (Wildman–Crippen LogP) is 1.22. The van der Waals surface area contributed by atoms with Gasteiger partial charge in [0.15, 0.2) is 0 Å². The van der Waals surface area contributed by atoms with Crippen molar-refractivity contribution < 1.29 is 4.74 Å². The van der Waals surface area contributed by atoms with Crippen LogP contribution in [0.25, 0.3) is 0 Å². The zero-order valence-corrected chi connectivity index (χ0v) is 13.1. The van der Waals surface area contributed by atoms with Gasteiger partial charge in [-0.05, 0) is 31.8 Å². The first kappa shape index (κ1) is 15.5. The van der Waals surface area contributed by atoms with Crippen molar-refractivity contribution in [3.05, 3.63) is 41.7 Å². The van der Waals surface area contributed by atoms with Crippen molar-refractivity contribution in [3.63, 3.8) is 0 Å². The molecule has 0 radical (unpaired) electrons. The third-order valence-electron chi connectivity index (χ3n) is 3.40. The minimum Gasteiger partial charge on any atom is -0.497 e. The Hall–Kier alpha value is -1.92. The molecule has 6 nitrogen and oxygen atoms in total. The van der Waals surface area contributed by atoms with Crippen LogP contribution in [0.2, 0.25) is 0 Å². The average Bonchev–Trinajstić information content (AvgIpc) is 2.88. The van der Waals surface area contributed by atoms with Gasteiger partial charge in [0.05, 0.1) is 19.0 Å². The predicted molar refractivity (Wildman–Crippen MR) is 82.1 cm³/mol. The Balaban J connectivity index is 2.07. The Bertz CT molecular complexity index is 549. The Morgan fingerprint density at radius 2 is 2.00 bits per heavy atom. The summed E-state index contributed by atoms with van der Waals surface area (Å²) in [4.78, 5) is 2.17. The second-order valence-electron chi connectivity index (χ2n) is 5.32. The number of hydrogen-bond donors (Lipinski definition) is 1. The van der Waals surface area contributed by atoms with E-state index in [-0.39, 0.29) is 6.04 Å². The zero-order valence-electron chi connectivity index (χ0n) is 13.1. The normalized spacial score (nSPS) is 12.6. The van der Waals surface area contributed by atoms with E-state index in [4.69, 9.17) is 4.74 Å². The summed E-state index contributed by atoms with van der Waals surface area (Å²) in [5.74, 6) is 0.873. The third-order valence-corrected chi connectivity index (χ3v) is 3.40. The van der Waals surface area contributed by atoms with E-state index < -0.39 is 0 Å².